The molecule has 3 aromatic rings. The molecule has 6 rings (SSSR count). The Hall–Kier alpha value is -3.58. The van der Waals surface area contributed by atoms with Gasteiger partial charge >= 0.3 is 0 Å². The number of fused-ring (bicyclic) bond motifs is 3. The first-order valence-corrected chi connectivity index (χ1v) is 15.5. The standard InChI is InChI=1S/C35H45N5O2/c1-22(5-13-28-19-40(21-38-28)20-34(2,3)4)32(41)37-18-23-6-8-24(9-7-23)33(42)39-31-16-26(12-14-30(31)36)35-17-27(35)11-10-25-15-29(25)35/h6-12,14,16,19,21-22,25,27,29,33,39,42H,5,13,15,17-18,20,36H2,1-4H3,(H,37,41)/p+1/t22-,25?,27?,29?,33?,35?/m1/s1. The number of aromatic amines is 1. The van der Waals surface area contributed by atoms with Gasteiger partial charge < -0.3 is 21.5 Å². The molecular weight excluding hydrogens is 522 g/mol. The molecule has 222 valence electrons. The van der Waals surface area contributed by atoms with Crippen molar-refractivity contribution in [3.05, 3.63) is 89.5 Å². The second-order valence-corrected chi connectivity index (χ2v) is 14.2. The Morgan fingerprint density at radius 1 is 1.19 bits per heavy atom. The average molecular weight is 569 g/mol. The molecule has 2 aromatic carbocycles. The Balaban J connectivity index is 0.987. The van der Waals surface area contributed by atoms with Crippen LogP contribution >= 0.6 is 0 Å². The lowest BCUT2D eigenvalue weighted by Crippen LogP contribution is -2.37. The monoisotopic (exact) mass is 568 g/mol. The number of nitrogens with zero attached hydrogens (tertiary/aromatic N) is 1. The SMILES string of the molecule is C[C@H](CCc1c[n+](CC(C)(C)C)c[nH]1)C(=O)NCc1ccc(C(O)Nc2cc(C34CC3C=CC3CC34)ccc2N)cc1. The van der Waals surface area contributed by atoms with Gasteiger partial charge in [0.15, 0.2) is 6.23 Å². The maximum Gasteiger partial charge on any atom is 0.241 e. The van der Waals surface area contributed by atoms with Crippen molar-refractivity contribution in [1.82, 2.24) is 10.3 Å². The normalized spacial score (nSPS) is 25.2. The fraction of sp³-hybridized carbons (Fsp3) is 0.486. The number of hydrogen-bond acceptors (Lipinski definition) is 4. The van der Waals surface area contributed by atoms with E-state index in [1.165, 1.54) is 18.4 Å². The van der Waals surface area contributed by atoms with Crippen molar-refractivity contribution in [3.8, 4) is 0 Å². The van der Waals surface area contributed by atoms with E-state index in [2.05, 4.69) is 71.4 Å². The van der Waals surface area contributed by atoms with E-state index in [1.54, 1.807) is 0 Å². The number of carbonyl (C=O) groups is 1. The molecule has 3 aliphatic carbocycles. The van der Waals surface area contributed by atoms with Crippen molar-refractivity contribution < 1.29 is 14.5 Å². The number of nitrogens with one attached hydrogen (secondary N) is 3. The van der Waals surface area contributed by atoms with Crippen LogP contribution in [-0.4, -0.2) is 16.0 Å². The lowest BCUT2D eigenvalue weighted by atomic mass is 9.84. The summed E-state index contributed by atoms with van der Waals surface area (Å²) in [6, 6.07) is 14.0. The maximum absolute atomic E-state index is 12.7. The zero-order valence-electron chi connectivity index (χ0n) is 25.4. The second kappa shape index (κ2) is 10.9. The molecule has 6 N–H and O–H groups in total. The van der Waals surface area contributed by atoms with Crippen LogP contribution in [0.2, 0.25) is 0 Å². The number of nitrogens with two attached hydrogens (primary N) is 1. The number of allylic oxidation sites excluding steroid dienone is 2. The van der Waals surface area contributed by atoms with Gasteiger partial charge in [-0.25, -0.2) is 9.55 Å². The number of nitrogen functional groups attached to an aromatic ring is 1. The van der Waals surface area contributed by atoms with Crippen molar-refractivity contribution in [2.75, 3.05) is 11.1 Å². The van der Waals surface area contributed by atoms with Crippen LogP contribution in [0.4, 0.5) is 11.4 Å². The highest BCUT2D eigenvalue weighted by molar-refractivity contribution is 5.78. The van der Waals surface area contributed by atoms with E-state index in [0.717, 1.165) is 53.7 Å². The summed E-state index contributed by atoms with van der Waals surface area (Å²) in [4.78, 5) is 16.1. The molecule has 42 heavy (non-hydrogen) atoms. The highest BCUT2D eigenvalue weighted by atomic mass is 16.3. The predicted octanol–water partition coefficient (Wildman–Crippen LogP) is 5.38. The lowest BCUT2D eigenvalue weighted by molar-refractivity contribution is -0.707. The molecule has 7 heteroatoms. The van der Waals surface area contributed by atoms with Crippen LogP contribution in [0, 0.1) is 29.1 Å². The molecular formula is C35H46N5O2+. The van der Waals surface area contributed by atoms with Crippen molar-refractivity contribution >= 4 is 17.3 Å². The molecule has 6 atom stereocenters. The lowest BCUT2D eigenvalue weighted by Gasteiger charge is -2.23. The molecule has 1 heterocycles. The summed E-state index contributed by atoms with van der Waals surface area (Å²) >= 11 is 0. The Morgan fingerprint density at radius 3 is 2.74 bits per heavy atom. The quantitative estimate of drug-likeness (QED) is 0.0926. The van der Waals surface area contributed by atoms with E-state index in [9.17, 15) is 9.90 Å². The molecule has 2 fully saturated rings. The number of amides is 1. The van der Waals surface area contributed by atoms with Gasteiger partial charge in [-0.1, -0.05) is 70.2 Å². The zero-order valence-corrected chi connectivity index (χ0v) is 25.4. The molecule has 7 nitrogen and oxygen atoms in total. The van der Waals surface area contributed by atoms with Crippen molar-refractivity contribution in [1.29, 1.82) is 0 Å². The fourth-order valence-corrected chi connectivity index (χ4v) is 6.92. The number of aliphatic hydroxyl groups is 1. The Labute approximate surface area is 249 Å². The van der Waals surface area contributed by atoms with Gasteiger partial charge in [0.1, 0.15) is 11.9 Å². The highest BCUT2D eigenvalue weighted by Gasteiger charge is 2.67. The van der Waals surface area contributed by atoms with Gasteiger partial charge in [-0.15, -0.1) is 0 Å². The molecule has 0 spiro atoms. The summed E-state index contributed by atoms with van der Waals surface area (Å²) < 4.78 is 2.18. The van der Waals surface area contributed by atoms with E-state index in [4.69, 9.17) is 5.73 Å². The minimum atomic E-state index is -0.881. The van der Waals surface area contributed by atoms with Crippen LogP contribution in [0.3, 0.4) is 0 Å². The third-order valence-corrected chi connectivity index (χ3v) is 9.49. The summed E-state index contributed by atoms with van der Waals surface area (Å²) in [7, 11) is 0. The number of aliphatic hydroxyl groups excluding tert-OH is 1. The topological polar surface area (TPSA) is 107 Å². The van der Waals surface area contributed by atoms with Gasteiger partial charge in [0.25, 0.3) is 0 Å². The molecule has 1 aromatic heterocycles. The van der Waals surface area contributed by atoms with Gasteiger partial charge in [-0.2, -0.15) is 0 Å². The first-order chi connectivity index (χ1) is 20.0. The molecule has 0 saturated heterocycles. The summed E-state index contributed by atoms with van der Waals surface area (Å²) in [5.74, 6) is 2.11. The fourth-order valence-electron chi connectivity index (χ4n) is 6.92. The van der Waals surface area contributed by atoms with Gasteiger partial charge in [-0.05, 0) is 65.7 Å². The summed E-state index contributed by atoms with van der Waals surface area (Å²) in [6.07, 6.45) is 12.2. The van der Waals surface area contributed by atoms with Gasteiger partial charge in [-0.3, -0.25) is 4.79 Å². The van der Waals surface area contributed by atoms with Crippen molar-refractivity contribution in [2.24, 2.45) is 29.1 Å². The van der Waals surface area contributed by atoms with Crippen LogP contribution in [-0.2, 0) is 29.7 Å². The van der Waals surface area contributed by atoms with Gasteiger partial charge in [0.2, 0.25) is 12.2 Å². The molecule has 0 aliphatic heterocycles. The van der Waals surface area contributed by atoms with E-state index in [0.29, 0.717) is 18.2 Å². The molecule has 0 bridgehead atoms. The summed E-state index contributed by atoms with van der Waals surface area (Å²) in [6.45, 7) is 10.0. The average Bonchev–Trinajstić information content (AvgIpc) is 3.85. The number of rotatable bonds is 11. The Bertz CT molecular complexity index is 1470. The van der Waals surface area contributed by atoms with Crippen LogP contribution in [0.5, 0.6) is 0 Å². The number of imidazole rings is 1. The molecule has 0 radical (unpaired) electrons. The maximum atomic E-state index is 12.7. The van der Waals surface area contributed by atoms with Crippen LogP contribution in [0.1, 0.15) is 75.6 Å². The largest absolute Gasteiger partial charge is 0.397 e. The van der Waals surface area contributed by atoms with E-state index in [-0.39, 0.29) is 22.7 Å². The third kappa shape index (κ3) is 5.98. The number of aryl methyl sites for hydroxylation is 1. The number of benzene rings is 2. The van der Waals surface area contributed by atoms with E-state index in [1.807, 2.05) is 43.6 Å². The van der Waals surface area contributed by atoms with E-state index >= 15 is 0 Å². The third-order valence-electron chi connectivity index (χ3n) is 9.49. The summed E-state index contributed by atoms with van der Waals surface area (Å²) in [5, 5.41) is 17.3. The minimum Gasteiger partial charge on any atom is -0.397 e. The Morgan fingerprint density at radius 2 is 1.98 bits per heavy atom. The number of H-pyrrole nitrogens is 1. The first kappa shape index (κ1) is 28.5. The van der Waals surface area contributed by atoms with Gasteiger partial charge in [0.05, 0.1) is 17.9 Å². The minimum absolute atomic E-state index is 0.0496. The number of aromatic nitrogens is 2. The van der Waals surface area contributed by atoms with Gasteiger partial charge in [0, 0.05) is 29.9 Å². The smallest absolute Gasteiger partial charge is 0.241 e. The number of anilines is 2. The molecule has 3 aliphatic rings. The predicted molar refractivity (Wildman–Crippen MR) is 166 cm³/mol. The van der Waals surface area contributed by atoms with Crippen LogP contribution in [0.25, 0.3) is 0 Å². The van der Waals surface area contributed by atoms with E-state index < -0.39 is 6.23 Å². The van der Waals surface area contributed by atoms with Crippen molar-refractivity contribution in [3.63, 3.8) is 0 Å². The highest BCUT2D eigenvalue weighted by Crippen LogP contribution is 2.72. The van der Waals surface area contributed by atoms with Crippen LogP contribution in [0.15, 0.2) is 67.1 Å². The molecule has 1 amide bonds. The zero-order chi connectivity index (χ0) is 29.6. The molecule has 2 saturated carbocycles. The number of hydrogen-bond donors (Lipinski definition) is 5. The number of carbonyl (C=O) groups excluding carboxylic acids is 1. The van der Waals surface area contributed by atoms with Crippen LogP contribution < -0.4 is 20.9 Å². The van der Waals surface area contributed by atoms with Crippen molar-refractivity contribution in [2.45, 2.75) is 78.1 Å². The molecule has 5 unspecified atom stereocenters. The Kier molecular flexibility index (Phi) is 7.42. The second-order valence-electron chi connectivity index (χ2n) is 14.2. The first-order valence-electron chi connectivity index (χ1n) is 15.5. The summed E-state index contributed by atoms with van der Waals surface area (Å²) in [5.41, 5.74) is 12.4.